The Hall–Kier alpha value is -1.75. The van der Waals surface area contributed by atoms with Crippen molar-refractivity contribution in [2.24, 2.45) is 0 Å². The van der Waals surface area contributed by atoms with E-state index in [1.807, 2.05) is 19.1 Å². The van der Waals surface area contributed by atoms with E-state index in [0.717, 1.165) is 33.6 Å². The number of hydrogen-bond donors (Lipinski definition) is 1. The molecule has 5 heteroatoms. The minimum absolute atomic E-state index is 0.243. The molecule has 0 spiro atoms. The molecule has 0 fully saturated rings. The van der Waals surface area contributed by atoms with Crippen LogP contribution in [-0.4, -0.2) is 13.2 Å². The van der Waals surface area contributed by atoms with Crippen molar-refractivity contribution in [2.75, 3.05) is 18.5 Å². The van der Waals surface area contributed by atoms with Gasteiger partial charge in [-0.15, -0.1) is 0 Å². The van der Waals surface area contributed by atoms with Crippen LogP contribution in [0.5, 0.6) is 11.5 Å². The number of nitrogens with one attached hydrogen (secondary N) is 1. The van der Waals surface area contributed by atoms with Crippen LogP contribution in [0.25, 0.3) is 0 Å². The second-order valence-electron chi connectivity index (χ2n) is 5.03. The van der Waals surface area contributed by atoms with Gasteiger partial charge in [-0.1, -0.05) is 22.9 Å². The quantitative estimate of drug-likeness (QED) is 0.664. The lowest BCUT2D eigenvalue weighted by Crippen LogP contribution is -2.04. The summed E-state index contributed by atoms with van der Waals surface area (Å²) in [5.41, 5.74) is 1.91. The Kier molecular flexibility index (Phi) is 6.71. The predicted molar refractivity (Wildman–Crippen MR) is 94.8 cm³/mol. The Morgan fingerprint density at radius 2 is 1.74 bits per heavy atom. The van der Waals surface area contributed by atoms with Crippen LogP contribution < -0.4 is 14.8 Å². The number of rotatable bonds is 8. The topological polar surface area (TPSA) is 30.5 Å². The van der Waals surface area contributed by atoms with Gasteiger partial charge in [0.25, 0.3) is 0 Å². The summed E-state index contributed by atoms with van der Waals surface area (Å²) in [5.74, 6) is 1.24. The highest BCUT2D eigenvalue weighted by molar-refractivity contribution is 9.10. The van der Waals surface area contributed by atoms with E-state index in [1.165, 1.54) is 12.1 Å². The van der Waals surface area contributed by atoms with Crippen LogP contribution in [0.4, 0.5) is 10.1 Å². The van der Waals surface area contributed by atoms with Crippen LogP contribution in [0.15, 0.2) is 40.9 Å². The number of halogens is 2. The van der Waals surface area contributed by atoms with Crippen molar-refractivity contribution in [3.63, 3.8) is 0 Å². The molecule has 2 aromatic carbocycles. The molecular formula is C18H21BrFNO2. The fourth-order valence-electron chi connectivity index (χ4n) is 2.07. The van der Waals surface area contributed by atoms with E-state index in [-0.39, 0.29) is 5.82 Å². The molecule has 3 nitrogen and oxygen atoms in total. The largest absolute Gasteiger partial charge is 0.490 e. The molecular weight excluding hydrogens is 361 g/mol. The predicted octanol–water partition coefficient (Wildman–Crippen LogP) is 5.39. The smallest absolute Gasteiger partial charge is 0.162 e. The first kappa shape index (κ1) is 17.6. The van der Waals surface area contributed by atoms with Gasteiger partial charge in [-0.05, 0) is 55.3 Å². The van der Waals surface area contributed by atoms with Crippen LogP contribution in [0.2, 0.25) is 0 Å². The van der Waals surface area contributed by atoms with Crippen molar-refractivity contribution in [1.82, 2.24) is 0 Å². The highest BCUT2D eigenvalue weighted by atomic mass is 79.9. The molecule has 0 amide bonds. The summed E-state index contributed by atoms with van der Waals surface area (Å²) in [5, 5.41) is 3.27. The van der Waals surface area contributed by atoms with Crippen molar-refractivity contribution in [2.45, 2.75) is 26.8 Å². The Balaban J connectivity index is 2.14. The molecule has 0 atom stereocenters. The van der Waals surface area contributed by atoms with Crippen molar-refractivity contribution >= 4 is 21.6 Å². The van der Waals surface area contributed by atoms with E-state index in [9.17, 15) is 4.39 Å². The Labute approximate surface area is 144 Å². The average molecular weight is 382 g/mol. The Morgan fingerprint density at radius 1 is 1.04 bits per heavy atom. The molecule has 1 N–H and O–H groups in total. The third-order valence-electron chi connectivity index (χ3n) is 3.20. The second-order valence-corrected chi connectivity index (χ2v) is 5.89. The fraction of sp³-hybridized carbons (Fsp3) is 0.333. The molecule has 0 aliphatic carbocycles. The summed E-state index contributed by atoms with van der Waals surface area (Å²) in [4.78, 5) is 0. The number of hydrogen-bond acceptors (Lipinski definition) is 3. The van der Waals surface area contributed by atoms with E-state index in [4.69, 9.17) is 9.47 Å². The Morgan fingerprint density at radius 3 is 2.39 bits per heavy atom. The van der Waals surface area contributed by atoms with Crippen molar-refractivity contribution in [3.8, 4) is 11.5 Å². The van der Waals surface area contributed by atoms with Crippen LogP contribution in [0.3, 0.4) is 0 Å². The van der Waals surface area contributed by atoms with Crippen LogP contribution in [0.1, 0.15) is 25.8 Å². The van der Waals surface area contributed by atoms with Crippen LogP contribution >= 0.6 is 15.9 Å². The first-order valence-corrected chi connectivity index (χ1v) is 8.50. The zero-order valence-corrected chi connectivity index (χ0v) is 15.0. The van der Waals surface area contributed by atoms with Gasteiger partial charge in [-0.3, -0.25) is 0 Å². The van der Waals surface area contributed by atoms with Gasteiger partial charge in [0.2, 0.25) is 0 Å². The monoisotopic (exact) mass is 381 g/mol. The highest BCUT2D eigenvalue weighted by Gasteiger charge is 2.11. The third-order valence-corrected chi connectivity index (χ3v) is 3.94. The lowest BCUT2D eigenvalue weighted by molar-refractivity contribution is 0.276. The van der Waals surface area contributed by atoms with E-state index in [0.29, 0.717) is 19.8 Å². The molecule has 2 rings (SSSR count). The molecule has 0 bridgehead atoms. The van der Waals surface area contributed by atoms with Gasteiger partial charge >= 0.3 is 0 Å². The van der Waals surface area contributed by atoms with Gasteiger partial charge in [0, 0.05) is 16.7 Å². The molecule has 124 valence electrons. The van der Waals surface area contributed by atoms with Gasteiger partial charge in [0.05, 0.1) is 13.2 Å². The first-order chi connectivity index (χ1) is 11.1. The van der Waals surface area contributed by atoms with Gasteiger partial charge in [0.1, 0.15) is 5.82 Å². The Bertz CT molecular complexity index is 632. The lowest BCUT2D eigenvalue weighted by atomic mass is 10.2. The first-order valence-electron chi connectivity index (χ1n) is 7.71. The molecule has 0 saturated carbocycles. The van der Waals surface area contributed by atoms with Gasteiger partial charge < -0.3 is 14.8 Å². The average Bonchev–Trinajstić information content (AvgIpc) is 2.55. The summed E-state index contributed by atoms with van der Waals surface area (Å²) in [6.07, 6.45) is 0.942. The third kappa shape index (κ3) is 5.13. The van der Waals surface area contributed by atoms with Gasteiger partial charge in [-0.2, -0.15) is 0 Å². The van der Waals surface area contributed by atoms with Crippen molar-refractivity contribution in [1.29, 1.82) is 0 Å². The van der Waals surface area contributed by atoms with Crippen molar-refractivity contribution in [3.05, 3.63) is 52.3 Å². The van der Waals surface area contributed by atoms with Crippen LogP contribution in [-0.2, 0) is 6.54 Å². The molecule has 2 aromatic rings. The summed E-state index contributed by atoms with van der Waals surface area (Å²) in [7, 11) is 0. The summed E-state index contributed by atoms with van der Waals surface area (Å²) < 4.78 is 25.3. The van der Waals surface area contributed by atoms with E-state index in [2.05, 4.69) is 28.2 Å². The molecule has 0 radical (unpaired) electrons. The summed E-state index contributed by atoms with van der Waals surface area (Å²) in [6, 6.07) is 10.2. The zero-order valence-electron chi connectivity index (χ0n) is 13.4. The summed E-state index contributed by atoms with van der Waals surface area (Å²) >= 11 is 3.57. The van der Waals surface area contributed by atoms with Gasteiger partial charge in [-0.25, -0.2) is 4.39 Å². The standard InChI is InChI=1S/C18H21BrFNO2/c1-3-9-23-18-11-16(19)13(10-17(18)22-4-2)12-21-15-7-5-14(20)6-8-15/h5-8,10-11,21H,3-4,9,12H2,1-2H3. The van der Waals surface area contributed by atoms with Gasteiger partial charge in [0.15, 0.2) is 11.5 Å². The van der Waals surface area contributed by atoms with Crippen LogP contribution in [0, 0.1) is 5.82 Å². The molecule has 0 aliphatic rings. The fourth-order valence-corrected chi connectivity index (χ4v) is 2.53. The molecule has 0 saturated heterocycles. The molecule has 23 heavy (non-hydrogen) atoms. The number of benzene rings is 2. The molecule has 0 heterocycles. The highest BCUT2D eigenvalue weighted by Crippen LogP contribution is 2.34. The van der Waals surface area contributed by atoms with Crippen molar-refractivity contribution < 1.29 is 13.9 Å². The SMILES string of the molecule is CCCOc1cc(Br)c(CNc2ccc(F)cc2)cc1OCC. The maximum absolute atomic E-state index is 12.9. The minimum atomic E-state index is -0.243. The number of anilines is 1. The lowest BCUT2D eigenvalue weighted by Gasteiger charge is -2.15. The summed E-state index contributed by atoms with van der Waals surface area (Å²) in [6.45, 7) is 5.84. The molecule has 0 aliphatic heterocycles. The maximum atomic E-state index is 12.9. The van der Waals surface area contributed by atoms with E-state index >= 15 is 0 Å². The van der Waals surface area contributed by atoms with E-state index < -0.39 is 0 Å². The normalized spacial score (nSPS) is 10.4. The maximum Gasteiger partial charge on any atom is 0.162 e. The molecule has 0 aromatic heterocycles. The second kappa shape index (κ2) is 8.77. The zero-order chi connectivity index (χ0) is 16.7. The minimum Gasteiger partial charge on any atom is -0.490 e. The number of ether oxygens (including phenoxy) is 2. The molecule has 0 unspecified atom stereocenters. The van der Waals surface area contributed by atoms with E-state index in [1.54, 1.807) is 12.1 Å².